The van der Waals surface area contributed by atoms with Crippen molar-refractivity contribution in [3.05, 3.63) is 6.33 Å². The summed E-state index contributed by atoms with van der Waals surface area (Å²) in [5.41, 5.74) is 0. The fourth-order valence-corrected chi connectivity index (χ4v) is 3.34. The van der Waals surface area contributed by atoms with Crippen molar-refractivity contribution >= 4 is 17.7 Å². The van der Waals surface area contributed by atoms with Crippen molar-refractivity contribution in [2.45, 2.75) is 43.4 Å². The fraction of sp³-hybridized carbons (Fsp3) is 0.786. The van der Waals surface area contributed by atoms with E-state index in [1.807, 2.05) is 4.57 Å². The highest BCUT2D eigenvalue weighted by molar-refractivity contribution is 7.99. The van der Waals surface area contributed by atoms with Crippen molar-refractivity contribution in [3.63, 3.8) is 0 Å². The van der Waals surface area contributed by atoms with Gasteiger partial charge in [-0.1, -0.05) is 11.8 Å². The quantitative estimate of drug-likeness (QED) is 0.697. The van der Waals surface area contributed by atoms with Crippen LogP contribution < -0.4 is 5.32 Å². The van der Waals surface area contributed by atoms with Gasteiger partial charge in [-0.2, -0.15) is 0 Å². The molecule has 2 aliphatic rings. The van der Waals surface area contributed by atoms with Gasteiger partial charge in [-0.3, -0.25) is 4.79 Å². The van der Waals surface area contributed by atoms with Crippen molar-refractivity contribution in [1.29, 1.82) is 0 Å². The molecule has 3 rings (SSSR count). The lowest BCUT2D eigenvalue weighted by molar-refractivity contribution is -0.119. The van der Waals surface area contributed by atoms with Crippen molar-refractivity contribution < 1.29 is 9.53 Å². The molecule has 0 unspecified atom stereocenters. The first-order valence-corrected chi connectivity index (χ1v) is 8.55. The summed E-state index contributed by atoms with van der Waals surface area (Å²) in [4.78, 5) is 12.1. The summed E-state index contributed by atoms with van der Waals surface area (Å²) in [7, 11) is 1.67. The number of thioether (sulfide) groups is 1. The lowest BCUT2D eigenvalue weighted by Gasteiger charge is -2.17. The number of methoxy groups -OCH3 is 1. The van der Waals surface area contributed by atoms with E-state index in [1.54, 1.807) is 13.4 Å². The maximum absolute atomic E-state index is 12.1. The summed E-state index contributed by atoms with van der Waals surface area (Å²) in [5, 5.41) is 11.9. The van der Waals surface area contributed by atoms with E-state index in [1.165, 1.54) is 37.4 Å². The number of carbonyl (C=O) groups is 1. The molecule has 21 heavy (non-hydrogen) atoms. The van der Waals surface area contributed by atoms with E-state index >= 15 is 0 Å². The van der Waals surface area contributed by atoms with Gasteiger partial charge in [0.1, 0.15) is 6.33 Å². The molecule has 0 bridgehead atoms. The van der Waals surface area contributed by atoms with Gasteiger partial charge < -0.3 is 14.6 Å². The third-order valence-electron chi connectivity index (χ3n) is 4.04. The smallest absolute Gasteiger partial charge is 0.230 e. The summed E-state index contributed by atoms with van der Waals surface area (Å²) in [6.07, 6.45) is 6.79. The molecule has 0 saturated heterocycles. The molecule has 7 heteroatoms. The van der Waals surface area contributed by atoms with Gasteiger partial charge in [-0.05, 0) is 37.5 Å². The molecule has 0 spiro atoms. The molecule has 1 N–H and O–H groups in total. The van der Waals surface area contributed by atoms with Crippen LogP contribution in [-0.2, 0) is 16.1 Å². The third-order valence-corrected chi connectivity index (χ3v) is 5.02. The van der Waals surface area contributed by atoms with Gasteiger partial charge in [0.25, 0.3) is 0 Å². The Labute approximate surface area is 129 Å². The molecule has 1 heterocycles. The first-order valence-electron chi connectivity index (χ1n) is 7.57. The van der Waals surface area contributed by atoms with Crippen molar-refractivity contribution in [3.8, 4) is 0 Å². The minimum atomic E-state index is 0.116. The van der Waals surface area contributed by atoms with E-state index in [2.05, 4.69) is 15.5 Å². The predicted molar refractivity (Wildman–Crippen MR) is 80.0 cm³/mol. The predicted octanol–water partition coefficient (Wildman–Crippen LogP) is 1.32. The highest BCUT2D eigenvalue weighted by Crippen LogP contribution is 2.44. The molecular formula is C14H22N4O2S. The number of hydrogen-bond donors (Lipinski definition) is 1. The molecule has 0 atom stereocenters. The number of rotatable bonds is 9. The molecule has 2 saturated carbocycles. The molecule has 2 aliphatic carbocycles. The fourth-order valence-electron chi connectivity index (χ4n) is 2.59. The molecule has 2 fully saturated rings. The lowest BCUT2D eigenvalue weighted by Crippen LogP contribution is -2.39. The van der Waals surface area contributed by atoms with Crippen LogP contribution in [0.5, 0.6) is 0 Å². The lowest BCUT2D eigenvalue weighted by atomic mass is 10.1. The molecule has 0 aromatic carbocycles. The maximum Gasteiger partial charge on any atom is 0.230 e. The largest absolute Gasteiger partial charge is 0.383 e. The Morgan fingerprint density at radius 3 is 2.81 bits per heavy atom. The molecule has 116 valence electrons. The van der Waals surface area contributed by atoms with Crippen LogP contribution in [0, 0.1) is 11.8 Å². The van der Waals surface area contributed by atoms with Crippen molar-refractivity contribution in [1.82, 2.24) is 20.1 Å². The number of amides is 1. The van der Waals surface area contributed by atoms with Gasteiger partial charge in [-0.15, -0.1) is 10.2 Å². The van der Waals surface area contributed by atoms with E-state index in [9.17, 15) is 4.79 Å². The van der Waals surface area contributed by atoms with Gasteiger partial charge in [0, 0.05) is 19.7 Å². The van der Waals surface area contributed by atoms with Crippen molar-refractivity contribution in [2.24, 2.45) is 11.8 Å². The minimum absolute atomic E-state index is 0.116. The van der Waals surface area contributed by atoms with Crippen LogP contribution in [0.25, 0.3) is 0 Å². The Morgan fingerprint density at radius 2 is 2.19 bits per heavy atom. The zero-order valence-electron chi connectivity index (χ0n) is 12.3. The number of nitrogens with one attached hydrogen (secondary N) is 1. The van der Waals surface area contributed by atoms with Crippen LogP contribution in [0.2, 0.25) is 0 Å². The monoisotopic (exact) mass is 310 g/mol. The van der Waals surface area contributed by atoms with Gasteiger partial charge in [0.15, 0.2) is 5.16 Å². The Kier molecular flexibility index (Phi) is 4.80. The molecule has 0 radical (unpaired) electrons. The van der Waals surface area contributed by atoms with Crippen LogP contribution in [-0.4, -0.2) is 46.2 Å². The molecule has 0 aliphatic heterocycles. The molecule has 1 aromatic heterocycles. The summed E-state index contributed by atoms with van der Waals surface area (Å²) in [6.45, 7) is 1.32. The molecular weight excluding hydrogens is 288 g/mol. The first-order chi connectivity index (χ1) is 10.3. The highest BCUT2D eigenvalue weighted by atomic mass is 32.2. The molecule has 1 aromatic rings. The Balaban J connectivity index is 1.45. The van der Waals surface area contributed by atoms with Gasteiger partial charge in [-0.25, -0.2) is 0 Å². The summed E-state index contributed by atoms with van der Waals surface area (Å²) >= 11 is 1.44. The number of aromatic nitrogens is 3. The second-order valence-corrected chi connectivity index (χ2v) is 6.80. The maximum atomic E-state index is 12.1. The summed E-state index contributed by atoms with van der Waals surface area (Å²) in [5.74, 6) is 1.99. The SMILES string of the molecule is COCCn1cnnc1SCC(=O)NC(C1CC1)C1CC1. The number of hydrogen-bond acceptors (Lipinski definition) is 5. The topological polar surface area (TPSA) is 69.0 Å². The molecule has 1 amide bonds. The zero-order valence-corrected chi connectivity index (χ0v) is 13.1. The summed E-state index contributed by atoms with van der Waals surface area (Å²) in [6, 6.07) is 0.421. The first kappa shape index (κ1) is 14.8. The number of carbonyl (C=O) groups excluding carboxylic acids is 1. The van der Waals surface area contributed by atoms with Crippen LogP contribution >= 0.6 is 11.8 Å². The average molecular weight is 310 g/mol. The summed E-state index contributed by atoms with van der Waals surface area (Å²) < 4.78 is 6.97. The van der Waals surface area contributed by atoms with Crippen LogP contribution in [0.4, 0.5) is 0 Å². The van der Waals surface area contributed by atoms with E-state index < -0.39 is 0 Å². The van der Waals surface area contributed by atoms with Crippen LogP contribution in [0.1, 0.15) is 25.7 Å². The van der Waals surface area contributed by atoms with E-state index in [0.29, 0.717) is 24.9 Å². The van der Waals surface area contributed by atoms with E-state index in [4.69, 9.17) is 4.74 Å². The Hall–Kier alpha value is -1.08. The molecule has 6 nitrogen and oxygen atoms in total. The average Bonchev–Trinajstić information content (AvgIpc) is 3.39. The highest BCUT2D eigenvalue weighted by Gasteiger charge is 2.42. The van der Waals surface area contributed by atoms with Crippen LogP contribution in [0.3, 0.4) is 0 Å². The van der Waals surface area contributed by atoms with Crippen molar-refractivity contribution in [2.75, 3.05) is 19.5 Å². The normalized spacial score (nSPS) is 18.2. The van der Waals surface area contributed by atoms with Gasteiger partial charge in [0.2, 0.25) is 5.91 Å². The van der Waals surface area contributed by atoms with Gasteiger partial charge in [0.05, 0.1) is 12.4 Å². The van der Waals surface area contributed by atoms with E-state index in [-0.39, 0.29) is 5.91 Å². The zero-order chi connectivity index (χ0) is 14.7. The van der Waals surface area contributed by atoms with Gasteiger partial charge >= 0.3 is 0 Å². The number of nitrogens with zero attached hydrogens (tertiary/aromatic N) is 3. The van der Waals surface area contributed by atoms with E-state index in [0.717, 1.165) is 17.0 Å². The minimum Gasteiger partial charge on any atom is -0.383 e. The number of ether oxygens (including phenoxy) is 1. The standard InChI is InChI=1S/C14H22N4O2S/c1-20-7-6-18-9-15-17-14(18)21-8-12(19)16-13(10-2-3-10)11-4-5-11/h9-11,13H,2-8H2,1H3,(H,16,19). The second-order valence-electron chi connectivity index (χ2n) is 5.86. The second kappa shape index (κ2) is 6.79. The Bertz CT molecular complexity index is 473. The van der Waals surface area contributed by atoms with Crippen LogP contribution in [0.15, 0.2) is 11.5 Å². The third kappa shape index (κ3) is 4.20. The Morgan fingerprint density at radius 1 is 1.48 bits per heavy atom.